The number of hydrogen-bond donors (Lipinski definition) is 1. The Balaban J connectivity index is 1.40. The molecule has 2 heterocycles. The minimum atomic E-state index is 0.885. The van der Waals surface area contributed by atoms with Crippen LogP contribution in [0.2, 0.25) is 0 Å². The van der Waals surface area contributed by atoms with Gasteiger partial charge in [0.25, 0.3) is 0 Å². The van der Waals surface area contributed by atoms with Crippen molar-refractivity contribution in [1.29, 1.82) is 0 Å². The van der Waals surface area contributed by atoms with E-state index in [1.165, 1.54) is 11.1 Å². The third kappa shape index (κ3) is 5.05. The lowest BCUT2D eigenvalue weighted by Gasteiger charge is -2.36. The first kappa shape index (κ1) is 18.9. The van der Waals surface area contributed by atoms with Crippen molar-refractivity contribution >= 4 is 17.3 Å². The summed E-state index contributed by atoms with van der Waals surface area (Å²) in [4.78, 5) is 4.78. The molecule has 0 spiro atoms. The summed E-state index contributed by atoms with van der Waals surface area (Å²) in [5.74, 6) is 0. The van der Waals surface area contributed by atoms with Crippen molar-refractivity contribution < 1.29 is 0 Å². The molecule has 1 aliphatic rings. The lowest BCUT2D eigenvalue weighted by atomic mass is 10.1. The van der Waals surface area contributed by atoms with E-state index in [0.717, 1.165) is 63.0 Å². The van der Waals surface area contributed by atoms with Crippen LogP contribution in [0.4, 0.5) is 0 Å². The van der Waals surface area contributed by atoms with Gasteiger partial charge in [0.15, 0.2) is 5.11 Å². The van der Waals surface area contributed by atoms with E-state index in [0.29, 0.717) is 0 Å². The maximum absolute atomic E-state index is 5.58. The predicted molar refractivity (Wildman–Crippen MR) is 110 cm³/mol. The number of aryl methyl sites for hydroxylation is 2. The zero-order valence-corrected chi connectivity index (χ0v) is 16.6. The third-order valence-electron chi connectivity index (χ3n) is 4.96. The maximum Gasteiger partial charge on any atom is 0.169 e. The number of aromatic nitrogens is 2. The number of nitrogens with zero attached hydrogens (tertiary/aromatic N) is 4. The molecule has 1 saturated heterocycles. The first-order valence-corrected chi connectivity index (χ1v) is 9.88. The highest BCUT2D eigenvalue weighted by atomic mass is 32.1. The molecule has 1 aromatic heterocycles. The van der Waals surface area contributed by atoms with Crippen LogP contribution in [0, 0.1) is 6.92 Å². The molecule has 1 aromatic carbocycles. The molecular weight excluding hydrogens is 342 g/mol. The average molecular weight is 372 g/mol. The van der Waals surface area contributed by atoms with Gasteiger partial charge in [-0.2, -0.15) is 5.10 Å². The van der Waals surface area contributed by atoms with E-state index < -0.39 is 0 Å². The molecule has 0 atom stereocenters. The number of piperazine rings is 1. The van der Waals surface area contributed by atoms with Crippen molar-refractivity contribution in [2.75, 3.05) is 32.7 Å². The van der Waals surface area contributed by atoms with E-state index in [-0.39, 0.29) is 0 Å². The van der Waals surface area contributed by atoms with Crippen molar-refractivity contribution in [1.82, 2.24) is 24.9 Å². The second-order valence-corrected chi connectivity index (χ2v) is 7.21. The minimum absolute atomic E-state index is 0.885. The fraction of sp³-hybridized carbons (Fsp3) is 0.500. The van der Waals surface area contributed by atoms with Crippen molar-refractivity contribution in [2.24, 2.45) is 0 Å². The Morgan fingerprint density at radius 1 is 1.15 bits per heavy atom. The Hall–Kier alpha value is -1.92. The van der Waals surface area contributed by atoms with Gasteiger partial charge in [-0.1, -0.05) is 30.3 Å². The lowest BCUT2D eigenvalue weighted by molar-refractivity contribution is 0.174. The van der Waals surface area contributed by atoms with Gasteiger partial charge < -0.3 is 10.2 Å². The van der Waals surface area contributed by atoms with Crippen LogP contribution < -0.4 is 5.32 Å². The van der Waals surface area contributed by atoms with Gasteiger partial charge in [0.05, 0.1) is 5.69 Å². The van der Waals surface area contributed by atoms with Crippen molar-refractivity contribution in [3.63, 3.8) is 0 Å². The van der Waals surface area contributed by atoms with Crippen LogP contribution >= 0.6 is 12.2 Å². The van der Waals surface area contributed by atoms with Crippen LogP contribution in [-0.2, 0) is 19.5 Å². The number of nitrogens with one attached hydrogen (secondary N) is 1. The highest BCUT2D eigenvalue weighted by molar-refractivity contribution is 7.80. The Morgan fingerprint density at radius 3 is 2.54 bits per heavy atom. The summed E-state index contributed by atoms with van der Waals surface area (Å²) < 4.78 is 2.02. The highest BCUT2D eigenvalue weighted by Gasteiger charge is 2.20. The van der Waals surface area contributed by atoms with Gasteiger partial charge in [-0.3, -0.25) is 9.58 Å². The first-order chi connectivity index (χ1) is 12.7. The van der Waals surface area contributed by atoms with Crippen molar-refractivity contribution in [3.05, 3.63) is 53.3 Å². The molecule has 0 aliphatic carbocycles. The van der Waals surface area contributed by atoms with Crippen molar-refractivity contribution in [3.8, 4) is 0 Å². The summed E-state index contributed by atoms with van der Waals surface area (Å²) in [7, 11) is 0. The standard InChI is InChI=1S/C20H29N5S/c1-3-25-16-19(17(2)22-25)15-23-11-13-24(14-12-23)20(26)21-10-9-18-7-5-4-6-8-18/h4-8,16H,3,9-15H2,1-2H3,(H,21,26). The van der Waals surface area contributed by atoms with Gasteiger partial charge in [0.2, 0.25) is 0 Å². The number of thiocarbonyl (C=S) groups is 1. The lowest BCUT2D eigenvalue weighted by Crippen LogP contribution is -2.51. The molecule has 0 radical (unpaired) electrons. The second-order valence-electron chi connectivity index (χ2n) is 6.83. The Morgan fingerprint density at radius 2 is 1.88 bits per heavy atom. The first-order valence-electron chi connectivity index (χ1n) is 9.47. The Bertz CT molecular complexity index is 704. The fourth-order valence-electron chi connectivity index (χ4n) is 3.30. The molecule has 6 heteroatoms. The van der Waals surface area contributed by atoms with Gasteiger partial charge in [0.1, 0.15) is 0 Å². The predicted octanol–water partition coefficient (Wildman–Crippen LogP) is 2.45. The summed E-state index contributed by atoms with van der Waals surface area (Å²) in [6.45, 7) is 11.1. The van der Waals surface area contributed by atoms with Crippen LogP contribution in [0.25, 0.3) is 0 Å². The summed E-state index contributed by atoms with van der Waals surface area (Å²) >= 11 is 5.58. The van der Waals surface area contributed by atoms with Crippen LogP contribution in [-0.4, -0.2) is 57.4 Å². The molecule has 1 fully saturated rings. The van der Waals surface area contributed by atoms with E-state index in [2.05, 4.69) is 70.6 Å². The van der Waals surface area contributed by atoms with E-state index in [9.17, 15) is 0 Å². The summed E-state index contributed by atoms with van der Waals surface area (Å²) in [6.07, 6.45) is 3.18. The topological polar surface area (TPSA) is 36.3 Å². The molecule has 0 bridgehead atoms. The zero-order valence-electron chi connectivity index (χ0n) is 15.8. The molecule has 0 amide bonds. The quantitative estimate of drug-likeness (QED) is 0.790. The van der Waals surface area contributed by atoms with Gasteiger partial charge >= 0.3 is 0 Å². The number of benzene rings is 1. The minimum Gasteiger partial charge on any atom is -0.362 e. The van der Waals surface area contributed by atoms with Gasteiger partial charge in [-0.05, 0) is 38.0 Å². The molecule has 2 aromatic rings. The van der Waals surface area contributed by atoms with Gasteiger partial charge in [-0.15, -0.1) is 0 Å². The molecule has 5 nitrogen and oxygen atoms in total. The zero-order chi connectivity index (χ0) is 18.4. The monoisotopic (exact) mass is 371 g/mol. The molecular formula is C20H29N5S. The summed E-state index contributed by atoms with van der Waals surface area (Å²) in [6, 6.07) is 10.5. The van der Waals surface area contributed by atoms with Gasteiger partial charge in [0, 0.05) is 57.6 Å². The number of hydrogen-bond acceptors (Lipinski definition) is 3. The van der Waals surface area contributed by atoms with Crippen molar-refractivity contribution in [2.45, 2.75) is 33.4 Å². The Labute approximate surface area is 162 Å². The van der Waals surface area contributed by atoms with E-state index in [1.807, 2.05) is 4.68 Å². The molecule has 0 unspecified atom stereocenters. The summed E-state index contributed by atoms with van der Waals surface area (Å²) in [5, 5.41) is 8.84. The van der Waals surface area contributed by atoms with Crippen LogP contribution in [0.1, 0.15) is 23.7 Å². The molecule has 140 valence electrons. The smallest absolute Gasteiger partial charge is 0.169 e. The van der Waals surface area contributed by atoms with Crippen LogP contribution in [0.15, 0.2) is 36.5 Å². The average Bonchev–Trinajstić information content (AvgIpc) is 3.03. The molecule has 1 aliphatic heterocycles. The van der Waals surface area contributed by atoms with E-state index in [1.54, 1.807) is 0 Å². The van der Waals surface area contributed by atoms with Gasteiger partial charge in [-0.25, -0.2) is 0 Å². The fourth-order valence-corrected chi connectivity index (χ4v) is 3.58. The maximum atomic E-state index is 5.58. The van der Waals surface area contributed by atoms with E-state index >= 15 is 0 Å². The third-order valence-corrected chi connectivity index (χ3v) is 5.36. The molecule has 26 heavy (non-hydrogen) atoms. The Kier molecular flexibility index (Phi) is 6.63. The number of rotatable bonds is 6. The SMILES string of the molecule is CCn1cc(CN2CCN(C(=S)NCCc3ccccc3)CC2)c(C)n1. The largest absolute Gasteiger partial charge is 0.362 e. The highest BCUT2D eigenvalue weighted by Crippen LogP contribution is 2.12. The summed E-state index contributed by atoms with van der Waals surface area (Å²) in [5.41, 5.74) is 3.83. The normalized spacial score (nSPS) is 15.2. The van der Waals surface area contributed by atoms with E-state index in [4.69, 9.17) is 12.2 Å². The second kappa shape index (κ2) is 9.14. The van der Waals surface area contributed by atoms with Crippen LogP contribution in [0.3, 0.4) is 0 Å². The molecule has 0 saturated carbocycles. The molecule has 3 rings (SSSR count). The van der Waals surface area contributed by atoms with Crippen LogP contribution in [0.5, 0.6) is 0 Å². The molecule has 1 N–H and O–H groups in total.